The highest BCUT2D eigenvalue weighted by atomic mass is 16.5. The molecule has 22 heavy (non-hydrogen) atoms. The zero-order valence-corrected chi connectivity index (χ0v) is 12.5. The number of nitrogens with zero attached hydrogens (tertiary/aromatic N) is 1. The first-order valence-corrected chi connectivity index (χ1v) is 6.79. The van der Waals surface area contributed by atoms with E-state index in [4.69, 9.17) is 18.1 Å². The number of hydrogen-bond donors (Lipinski definition) is 0. The van der Waals surface area contributed by atoms with Gasteiger partial charge in [-0.3, -0.25) is 0 Å². The summed E-state index contributed by atoms with van der Waals surface area (Å²) in [6, 6.07) is 5.19. The van der Waals surface area contributed by atoms with E-state index in [2.05, 4.69) is 5.16 Å². The lowest BCUT2D eigenvalue weighted by atomic mass is 10.1. The number of ether oxygens (including phenoxy) is 1. The molecule has 0 atom stereocenters. The maximum Gasteiger partial charge on any atom is 0.342 e. The SMILES string of the molecule is Cc1oc(C)c(C(=O)OCc2cc(-c3ccco3)on2)c1C. The van der Waals surface area contributed by atoms with Gasteiger partial charge in [0, 0.05) is 11.6 Å². The van der Waals surface area contributed by atoms with Crippen LogP contribution in [0.4, 0.5) is 0 Å². The van der Waals surface area contributed by atoms with Crippen LogP contribution >= 0.6 is 0 Å². The Morgan fingerprint density at radius 3 is 2.68 bits per heavy atom. The number of carbonyl (C=O) groups is 1. The summed E-state index contributed by atoms with van der Waals surface area (Å²) < 4.78 is 21.0. The molecular formula is C16H15NO5. The fourth-order valence-electron chi connectivity index (χ4n) is 2.22. The minimum absolute atomic E-state index is 0.0200. The summed E-state index contributed by atoms with van der Waals surface area (Å²) in [4.78, 5) is 12.1. The second-order valence-corrected chi connectivity index (χ2v) is 4.95. The predicted octanol–water partition coefficient (Wildman–Crippen LogP) is 3.81. The Kier molecular flexibility index (Phi) is 3.58. The normalized spacial score (nSPS) is 10.9. The molecule has 6 heteroatoms. The highest BCUT2D eigenvalue weighted by molar-refractivity contribution is 5.92. The van der Waals surface area contributed by atoms with Crippen LogP contribution in [-0.2, 0) is 11.3 Å². The monoisotopic (exact) mass is 301 g/mol. The van der Waals surface area contributed by atoms with E-state index in [1.54, 1.807) is 31.4 Å². The van der Waals surface area contributed by atoms with E-state index < -0.39 is 5.97 Å². The molecule has 0 aliphatic heterocycles. The highest BCUT2D eigenvalue weighted by Gasteiger charge is 2.20. The molecule has 0 fully saturated rings. The van der Waals surface area contributed by atoms with Crippen molar-refractivity contribution in [1.29, 1.82) is 0 Å². The number of aryl methyl sites for hydroxylation is 2. The standard InChI is InChI=1S/C16H15NO5/c1-9-10(2)21-11(3)15(9)16(18)20-8-12-7-14(22-17-12)13-5-4-6-19-13/h4-7H,8H2,1-3H3. The van der Waals surface area contributed by atoms with Crippen LogP contribution in [0.15, 0.2) is 37.8 Å². The van der Waals surface area contributed by atoms with E-state index in [-0.39, 0.29) is 6.61 Å². The van der Waals surface area contributed by atoms with Crippen LogP contribution in [0.3, 0.4) is 0 Å². The van der Waals surface area contributed by atoms with Crippen LogP contribution in [0.5, 0.6) is 0 Å². The smallest absolute Gasteiger partial charge is 0.342 e. The number of hydrogen-bond acceptors (Lipinski definition) is 6. The van der Waals surface area contributed by atoms with Crippen molar-refractivity contribution in [1.82, 2.24) is 5.16 Å². The quantitative estimate of drug-likeness (QED) is 0.682. The zero-order chi connectivity index (χ0) is 15.7. The first-order valence-electron chi connectivity index (χ1n) is 6.79. The van der Waals surface area contributed by atoms with Crippen LogP contribution in [0.2, 0.25) is 0 Å². The van der Waals surface area contributed by atoms with Gasteiger partial charge in [-0.2, -0.15) is 0 Å². The molecule has 0 amide bonds. The first kappa shape index (κ1) is 14.2. The molecular weight excluding hydrogens is 286 g/mol. The summed E-state index contributed by atoms with van der Waals surface area (Å²) >= 11 is 0. The van der Waals surface area contributed by atoms with Gasteiger partial charge in [0.05, 0.1) is 6.26 Å². The molecule has 0 aliphatic rings. The van der Waals surface area contributed by atoms with E-state index in [0.29, 0.717) is 34.3 Å². The fraction of sp³-hybridized carbons (Fsp3) is 0.250. The van der Waals surface area contributed by atoms with Gasteiger partial charge in [0.15, 0.2) is 5.76 Å². The van der Waals surface area contributed by atoms with Crippen LogP contribution in [-0.4, -0.2) is 11.1 Å². The number of carbonyl (C=O) groups excluding carboxylic acids is 1. The molecule has 0 aromatic carbocycles. The fourth-order valence-corrected chi connectivity index (χ4v) is 2.22. The van der Waals surface area contributed by atoms with Crippen LogP contribution in [0, 0.1) is 20.8 Å². The summed E-state index contributed by atoms with van der Waals surface area (Å²) in [5.74, 6) is 1.89. The average molecular weight is 301 g/mol. The molecule has 3 aromatic rings. The van der Waals surface area contributed by atoms with E-state index in [0.717, 1.165) is 5.56 Å². The van der Waals surface area contributed by atoms with Gasteiger partial charge >= 0.3 is 5.97 Å². The Labute approximate surface area is 126 Å². The Morgan fingerprint density at radius 1 is 1.23 bits per heavy atom. The van der Waals surface area contributed by atoms with Crippen molar-refractivity contribution in [3.05, 3.63) is 52.8 Å². The molecule has 3 aromatic heterocycles. The van der Waals surface area contributed by atoms with Crippen molar-refractivity contribution >= 4 is 5.97 Å². The molecule has 0 N–H and O–H groups in total. The number of aromatic nitrogens is 1. The molecule has 0 aliphatic carbocycles. The summed E-state index contributed by atoms with van der Waals surface area (Å²) in [5, 5.41) is 3.85. The van der Waals surface area contributed by atoms with Crippen LogP contribution in [0.25, 0.3) is 11.5 Å². The molecule has 0 bridgehead atoms. The van der Waals surface area contributed by atoms with E-state index in [1.807, 2.05) is 13.8 Å². The minimum Gasteiger partial charge on any atom is -0.465 e. The molecule has 3 rings (SSSR count). The van der Waals surface area contributed by atoms with Crippen molar-refractivity contribution in [2.24, 2.45) is 0 Å². The van der Waals surface area contributed by atoms with Gasteiger partial charge in [-0.05, 0) is 32.9 Å². The zero-order valence-electron chi connectivity index (χ0n) is 12.5. The van der Waals surface area contributed by atoms with Crippen LogP contribution in [0.1, 0.15) is 33.1 Å². The molecule has 3 heterocycles. The lowest BCUT2D eigenvalue weighted by molar-refractivity contribution is 0.0461. The van der Waals surface area contributed by atoms with Crippen molar-refractivity contribution in [3.8, 4) is 11.5 Å². The summed E-state index contributed by atoms with van der Waals surface area (Å²) in [5.41, 5.74) is 1.77. The first-order chi connectivity index (χ1) is 10.6. The van der Waals surface area contributed by atoms with E-state index in [9.17, 15) is 4.79 Å². The Balaban J connectivity index is 1.69. The maximum absolute atomic E-state index is 12.1. The maximum atomic E-state index is 12.1. The second kappa shape index (κ2) is 5.55. The van der Waals surface area contributed by atoms with Gasteiger partial charge < -0.3 is 18.1 Å². The summed E-state index contributed by atoms with van der Waals surface area (Å²) in [7, 11) is 0. The predicted molar refractivity (Wildman–Crippen MR) is 76.2 cm³/mol. The van der Waals surface area contributed by atoms with Crippen LogP contribution < -0.4 is 0 Å². The van der Waals surface area contributed by atoms with E-state index >= 15 is 0 Å². The van der Waals surface area contributed by atoms with Gasteiger partial charge in [0.1, 0.15) is 29.4 Å². The highest BCUT2D eigenvalue weighted by Crippen LogP contribution is 2.23. The Hall–Kier alpha value is -2.76. The van der Waals surface area contributed by atoms with Gasteiger partial charge in [0.25, 0.3) is 0 Å². The largest absolute Gasteiger partial charge is 0.465 e. The van der Waals surface area contributed by atoms with Crippen molar-refractivity contribution in [3.63, 3.8) is 0 Å². The van der Waals surface area contributed by atoms with E-state index in [1.165, 1.54) is 0 Å². The molecule has 0 spiro atoms. The Morgan fingerprint density at radius 2 is 2.05 bits per heavy atom. The third-order valence-electron chi connectivity index (χ3n) is 3.44. The summed E-state index contributed by atoms with van der Waals surface area (Å²) in [6.07, 6.45) is 1.55. The molecule has 114 valence electrons. The molecule has 0 saturated heterocycles. The second-order valence-electron chi connectivity index (χ2n) is 4.95. The molecule has 0 radical (unpaired) electrons. The van der Waals surface area contributed by atoms with Crippen molar-refractivity contribution in [2.75, 3.05) is 0 Å². The molecule has 0 unspecified atom stereocenters. The van der Waals surface area contributed by atoms with Gasteiger partial charge in [0.2, 0.25) is 5.76 Å². The third kappa shape index (κ3) is 2.55. The topological polar surface area (TPSA) is 78.6 Å². The summed E-state index contributed by atoms with van der Waals surface area (Å²) in [6.45, 7) is 5.40. The molecule has 0 saturated carbocycles. The Bertz CT molecular complexity index is 795. The number of furan rings is 2. The minimum atomic E-state index is -0.436. The average Bonchev–Trinajstić information content (AvgIpc) is 3.19. The molecule has 6 nitrogen and oxygen atoms in total. The van der Waals surface area contributed by atoms with Crippen molar-refractivity contribution < 1.29 is 22.9 Å². The number of esters is 1. The third-order valence-corrected chi connectivity index (χ3v) is 3.44. The lowest BCUT2D eigenvalue weighted by Gasteiger charge is -2.02. The lowest BCUT2D eigenvalue weighted by Crippen LogP contribution is -2.07. The van der Waals surface area contributed by atoms with Crippen molar-refractivity contribution in [2.45, 2.75) is 27.4 Å². The number of rotatable bonds is 4. The van der Waals surface area contributed by atoms with Gasteiger partial charge in [-0.25, -0.2) is 4.79 Å². The van der Waals surface area contributed by atoms with Gasteiger partial charge in [-0.15, -0.1) is 0 Å². The van der Waals surface area contributed by atoms with Gasteiger partial charge in [-0.1, -0.05) is 5.16 Å².